The van der Waals surface area contributed by atoms with Gasteiger partial charge in [-0.3, -0.25) is 14.4 Å². The maximum Gasteiger partial charge on any atom is 0.490 e. The minimum Gasteiger partial charge on any atom is -0.475 e. The normalized spacial score (nSPS) is 19.5. The van der Waals surface area contributed by atoms with Gasteiger partial charge in [0, 0.05) is 25.3 Å². The second kappa shape index (κ2) is 8.68. The van der Waals surface area contributed by atoms with Crippen molar-refractivity contribution in [3.8, 4) is 0 Å². The summed E-state index contributed by atoms with van der Waals surface area (Å²) in [6.07, 6.45) is 2.11. The Morgan fingerprint density at radius 2 is 2.03 bits per heavy atom. The number of carboxylic acids is 1. The van der Waals surface area contributed by atoms with Gasteiger partial charge >= 0.3 is 12.1 Å². The lowest BCUT2D eigenvalue weighted by Gasteiger charge is -2.42. The highest BCUT2D eigenvalue weighted by Crippen LogP contribution is 2.30. The summed E-state index contributed by atoms with van der Waals surface area (Å²) in [4.78, 5) is 23.9. The van der Waals surface area contributed by atoms with Gasteiger partial charge in [-0.05, 0) is 31.0 Å². The molecule has 1 aliphatic heterocycles. The number of carboxylic acid groups (broad SMARTS) is 1. The van der Waals surface area contributed by atoms with E-state index in [1.54, 1.807) is 12.5 Å². The van der Waals surface area contributed by atoms with E-state index in [4.69, 9.17) is 14.3 Å². The summed E-state index contributed by atoms with van der Waals surface area (Å²) >= 11 is 0. The zero-order chi connectivity index (χ0) is 21.0. The van der Waals surface area contributed by atoms with E-state index in [0.717, 1.165) is 24.5 Å². The van der Waals surface area contributed by atoms with Crippen LogP contribution in [0, 0.1) is 0 Å². The third-order valence-corrected chi connectivity index (χ3v) is 4.97. The van der Waals surface area contributed by atoms with Crippen LogP contribution in [0.25, 0.3) is 0 Å². The zero-order valence-corrected chi connectivity index (χ0v) is 15.4. The molecule has 2 aromatic rings. The van der Waals surface area contributed by atoms with Crippen LogP contribution in [0.5, 0.6) is 0 Å². The van der Waals surface area contributed by atoms with Crippen molar-refractivity contribution in [3.63, 3.8) is 0 Å². The zero-order valence-electron chi connectivity index (χ0n) is 15.4. The van der Waals surface area contributed by atoms with Crippen LogP contribution >= 0.6 is 0 Å². The molecule has 8 nitrogen and oxygen atoms in total. The highest BCUT2D eigenvalue weighted by Gasteiger charge is 2.38. The number of furan rings is 1. The van der Waals surface area contributed by atoms with E-state index in [9.17, 15) is 18.0 Å². The van der Waals surface area contributed by atoms with Crippen molar-refractivity contribution in [1.82, 2.24) is 20.0 Å². The third-order valence-electron chi connectivity index (χ3n) is 4.97. The van der Waals surface area contributed by atoms with Crippen molar-refractivity contribution in [1.29, 1.82) is 0 Å². The molecular formula is C18H21F3N4O4. The summed E-state index contributed by atoms with van der Waals surface area (Å²) in [7, 11) is 0. The Kier molecular flexibility index (Phi) is 6.26. The van der Waals surface area contributed by atoms with Crippen molar-refractivity contribution in [2.45, 2.75) is 50.6 Å². The second-order valence-corrected chi connectivity index (χ2v) is 6.90. The smallest absolute Gasteiger partial charge is 0.475 e. The minimum absolute atomic E-state index is 0.00498. The Bertz CT molecular complexity index is 831. The molecule has 4 rings (SSSR count). The van der Waals surface area contributed by atoms with E-state index >= 15 is 0 Å². The molecule has 0 saturated heterocycles. The van der Waals surface area contributed by atoms with Gasteiger partial charge in [0.1, 0.15) is 11.8 Å². The average molecular weight is 414 g/mol. The molecule has 158 valence electrons. The van der Waals surface area contributed by atoms with Crippen molar-refractivity contribution in [3.05, 3.63) is 42.1 Å². The quantitative estimate of drug-likeness (QED) is 0.797. The predicted octanol–water partition coefficient (Wildman–Crippen LogP) is 2.33. The number of halogens is 3. The van der Waals surface area contributed by atoms with Gasteiger partial charge < -0.3 is 14.8 Å². The van der Waals surface area contributed by atoms with E-state index in [1.807, 2.05) is 22.9 Å². The molecule has 1 unspecified atom stereocenters. The lowest BCUT2D eigenvalue weighted by Crippen LogP contribution is -2.50. The van der Waals surface area contributed by atoms with E-state index in [-0.39, 0.29) is 11.9 Å². The fourth-order valence-electron chi connectivity index (χ4n) is 3.25. The highest BCUT2D eigenvalue weighted by molar-refractivity contribution is 5.80. The molecule has 2 N–H and O–H groups in total. The average Bonchev–Trinajstić information content (AvgIpc) is 3.28. The number of aromatic nitrogens is 2. The first-order valence-electron chi connectivity index (χ1n) is 9.12. The molecule has 3 heterocycles. The first-order chi connectivity index (χ1) is 13.8. The molecule has 2 aliphatic rings. The lowest BCUT2D eigenvalue weighted by molar-refractivity contribution is -0.192. The number of fused-ring (bicyclic) bond motifs is 1. The summed E-state index contributed by atoms with van der Waals surface area (Å²) in [5, 5.41) is 14.4. The second-order valence-electron chi connectivity index (χ2n) is 6.90. The van der Waals surface area contributed by atoms with Gasteiger partial charge in [0.15, 0.2) is 0 Å². The van der Waals surface area contributed by atoms with Crippen molar-refractivity contribution in [2.75, 3.05) is 6.54 Å². The number of aliphatic carboxylic acids is 1. The molecule has 1 amide bonds. The number of hydrogen-bond acceptors (Lipinski definition) is 5. The molecule has 1 saturated carbocycles. The van der Waals surface area contributed by atoms with Gasteiger partial charge in [-0.15, -0.1) is 0 Å². The van der Waals surface area contributed by atoms with Crippen LogP contribution in [0.15, 0.2) is 35.1 Å². The fourth-order valence-corrected chi connectivity index (χ4v) is 3.25. The van der Waals surface area contributed by atoms with Crippen LogP contribution in [0.1, 0.15) is 36.8 Å². The van der Waals surface area contributed by atoms with E-state index < -0.39 is 12.1 Å². The van der Waals surface area contributed by atoms with Crippen molar-refractivity contribution in [2.24, 2.45) is 0 Å². The Labute approximate surface area is 164 Å². The number of carbonyl (C=O) groups is 2. The molecule has 0 radical (unpaired) electrons. The third kappa shape index (κ3) is 5.17. The number of hydrogen-bond donors (Lipinski definition) is 2. The standard InChI is InChI=1S/C16H20N4O2.C2HF3O2/c21-16(17-9-14-5-2-8-22-14)15-11-19(12-3-1-4-12)10-13-6-7-18-20(13)15;3-2(4,5)1(6)7/h2,5-8,12,15H,1,3-4,9-11H2,(H,17,21);(H,6,7). The Morgan fingerprint density at radius 3 is 2.59 bits per heavy atom. The van der Waals surface area contributed by atoms with E-state index in [1.165, 1.54) is 19.3 Å². The molecule has 1 atom stereocenters. The SMILES string of the molecule is O=C(NCc1ccco1)C1CN(C2CCC2)Cc2ccnn21.O=C(O)C(F)(F)F. The lowest BCUT2D eigenvalue weighted by atomic mass is 9.90. The molecule has 1 aliphatic carbocycles. The summed E-state index contributed by atoms with van der Waals surface area (Å²) in [6.45, 7) is 2.05. The number of amides is 1. The first-order valence-corrected chi connectivity index (χ1v) is 9.12. The molecule has 11 heteroatoms. The highest BCUT2D eigenvalue weighted by atomic mass is 19.4. The van der Waals surface area contributed by atoms with Gasteiger partial charge in [-0.25, -0.2) is 4.79 Å². The van der Waals surface area contributed by atoms with Crippen molar-refractivity contribution < 1.29 is 32.3 Å². The Balaban J connectivity index is 0.000000298. The predicted molar refractivity (Wildman–Crippen MR) is 93.6 cm³/mol. The number of nitrogens with zero attached hydrogens (tertiary/aromatic N) is 3. The van der Waals surface area contributed by atoms with E-state index in [2.05, 4.69) is 15.3 Å². The maximum absolute atomic E-state index is 12.6. The summed E-state index contributed by atoms with van der Waals surface area (Å²) in [6, 6.07) is 6.07. The number of nitrogens with one attached hydrogen (secondary N) is 1. The van der Waals surface area contributed by atoms with E-state index in [0.29, 0.717) is 12.6 Å². The molecule has 2 aromatic heterocycles. The maximum atomic E-state index is 12.6. The number of carbonyl (C=O) groups excluding carboxylic acids is 1. The van der Waals surface area contributed by atoms with Gasteiger partial charge in [0.25, 0.3) is 0 Å². The Hall–Kier alpha value is -2.82. The van der Waals surface area contributed by atoms with Crippen LogP contribution in [0.4, 0.5) is 13.2 Å². The van der Waals surface area contributed by atoms with Crippen LogP contribution < -0.4 is 5.32 Å². The minimum atomic E-state index is -5.08. The largest absolute Gasteiger partial charge is 0.490 e. The molecule has 29 heavy (non-hydrogen) atoms. The van der Waals surface area contributed by atoms with Gasteiger partial charge in [-0.1, -0.05) is 6.42 Å². The summed E-state index contributed by atoms with van der Waals surface area (Å²) in [5.74, 6) is -1.99. The van der Waals surface area contributed by atoms with Crippen molar-refractivity contribution >= 4 is 11.9 Å². The molecule has 0 bridgehead atoms. The molecular weight excluding hydrogens is 393 g/mol. The van der Waals surface area contributed by atoms with Crippen LogP contribution in [-0.2, 0) is 22.7 Å². The monoisotopic (exact) mass is 414 g/mol. The topological polar surface area (TPSA) is 101 Å². The van der Waals surface area contributed by atoms with Crippen LogP contribution in [-0.4, -0.2) is 50.4 Å². The van der Waals surface area contributed by atoms with Crippen LogP contribution in [0.3, 0.4) is 0 Å². The molecule has 0 aromatic carbocycles. The fraction of sp³-hybridized carbons (Fsp3) is 0.500. The van der Waals surface area contributed by atoms with Gasteiger partial charge in [0.05, 0.1) is 18.5 Å². The summed E-state index contributed by atoms with van der Waals surface area (Å²) < 4.78 is 38.9. The first kappa shape index (κ1) is 20.9. The number of alkyl halides is 3. The Morgan fingerprint density at radius 1 is 1.31 bits per heavy atom. The van der Waals surface area contributed by atoms with Gasteiger partial charge in [-0.2, -0.15) is 18.3 Å². The molecule has 0 spiro atoms. The number of rotatable bonds is 4. The summed E-state index contributed by atoms with van der Waals surface area (Å²) in [5.41, 5.74) is 1.12. The molecule has 1 fully saturated rings. The van der Waals surface area contributed by atoms with Gasteiger partial charge in [0.2, 0.25) is 5.91 Å². The van der Waals surface area contributed by atoms with Crippen LogP contribution in [0.2, 0.25) is 0 Å².